The number of fused-ring (bicyclic) bond motifs is 1. The molecule has 0 saturated carbocycles. The fraction of sp³-hybridized carbons (Fsp3) is 0.190. The Balaban J connectivity index is 2.16. The van der Waals surface area contributed by atoms with Gasteiger partial charge in [0, 0.05) is 4.90 Å². The van der Waals surface area contributed by atoms with Crippen LogP contribution in [0.2, 0.25) is 0 Å². The molecule has 0 unspecified atom stereocenters. The first-order chi connectivity index (χ1) is 12.4. The number of carboxylic acid groups (broad SMARTS) is 1. The van der Waals surface area contributed by atoms with Gasteiger partial charge in [-0.2, -0.15) is 0 Å². The van der Waals surface area contributed by atoms with Gasteiger partial charge in [-0.1, -0.05) is 12.1 Å². The quantitative estimate of drug-likeness (QED) is 0.720. The van der Waals surface area contributed by atoms with Crippen LogP contribution in [0, 0.1) is 5.82 Å². The molecule has 134 valence electrons. The van der Waals surface area contributed by atoms with Gasteiger partial charge >= 0.3 is 5.97 Å². The average Bonchev–Trinajstić information content (AvgIpc) is 2.86. The monoisotopic (exact) mass is 370 g/mol. The molecule has 1 aliphatic carbocycles. The van der Waals surface area contributed by atoms with E-state index in [1.165, 1.54) is 13.2 Å². The summed E-state index contributed by atoms with van der Waals surface area (Å²) in [5, 5.41) is 9.27. The Morgan fingerprint density at radius 1 is 1.23 bits per heavy atom. The van der Waals surface area contributed by atoms with E-state index in [0.717, 1.165) is 27.2 Å². The first kappa shape index (κ1) is 18.3. The third kappa shape index (κ3) is 3.40. The van der Waals surface area contributed by atoms with Crippen molar-refractivity contribution in [2.75, 3.05) is 13.4 Å². The number of halogens is 1. The summed E-state index contributed by atoms with van der Waals surface area (Å²) in [7, 11) is 1.40. The lowest BCUT2D eigenvalue weighted by Crippen LogP contribution is -1.98. The first-order valence-electron chi connectivity index (χ1n) is 8.10. The SMILES string of the molecule is COc1cc2c(cc1F)/C(=C/c1ccc(SC)cc1)C(C)=C2CC(=O)O. The zero-order chi connectivity index (χ0) is 18.8. The summed E-state index contributed by atoms with van der Waals surface area (Å²) in [6.45, 7) is 1.88. The summed E-state index contributed by atoms with van der Waals surface area (Å²) in [5.41, 5.74) is 4.79. The summed E-state index contributed by atoms with van der Waals surface area (Å²) >= 11 is 1.66. The minimum Gasteiger partial charge on any atom is -0.494 e. The van der Waals surface area contributed by atoms with Gasteiger partial charge in [-0.25, -0.2) is 4.39 Å². The Bertz CT molecular complexity index is 927. The largest absolute Gasteiger partial charge is 0.494 e. The second kappa shape index (κ2) is 7.38. The maximum Gasteiger partial charge on any atom is 0.307 e. The van der Waals surface area contributed by atoms with Crippen LogP contribution >= 0.6 is 11.8 Å². The number of benzene rings is 2. The Hall–Kier alpha value is -2.53. The maximum absolute atomic E-state index is 14.3. The van der Waals surface area contributed by atoms with Gasteiger partial charge in [-0.15, -0.1) is 11.8 Å². The molecule has 26 heavy (non-hydrogen) atoms. The molecule has 2 aromatic carbocycles. The van der Waals surface area contributed by atoms with Gasteiger partial charge < -0.3 is 9.84 Å². The van der Waals surface area contributed by atoms with Crippen LogP contribution in [0.4, 0.5) is 4.39 Å². The van der Waals surface area contributed by atoms with Gasteiger partial charge in [-0.05, 0) is 76.9 Å². The van der Waals surface area contributed by atoms with E-state index in [1.54, 1.807) is 17.8 Å². The lowest BCUT2D eigenvalue weighted by molar-refractivity contribution is -0.135. The molecule has 0 aliphatic heterocycles. The van der Waals surface area contributed by atoms with Gasteiger partial charge in [0.2, 0.25) is 0 Å². The highest BCUT2D eigenvalue weighted by molar-refractivity contribution is 7.98. The standard InChI is InChI=1S/C21H19FO3S/c1-12-15(8-13-4-6-14(26-3)7-5-13)17-9-19(22)20(25-2)10-18(17)16(12)11-21(23)24/h4-10H,11H2,1-3H3,(H,23,24)/b15-8+. The van der Waals surface area contributed by atoms with E-state index in [4.69, 9.17) is 4.74 Å². The Morgan fingerprint density at radius 3 is 2.50 bits per heavy atom. The molecular formula is C21H19FO3S. The molecule has 5 heteroatoms. The van der Waals surface area contributed by atoms with Gasteiger partial charge in [0.1, 0.15) is 0 Å². The smallest absolute Gasteiger partial charge is 0.307 e. The van der Waals surface area contributed by atoms with Crippen molar-refractivity contribution in [2.24, 2.45) is 0 Å². The zero-order valence-electron chi connectivity index (χ0n) is 14.8. The number of aliphatic carboxylic acids is 1. The number of rotatable bonds is 5. The number of carboxylic acids is 1. The van der Waals surface area contributed by atoms with Crippen molar-refractivity contribution < 1.29 is 19.0 Å². The van der Waals surface area contributed by atoms with Crippen molar-refractivity contribution in [1.82, 2.24) is 0 Å². The van der Waals surface area contributed by atoms with Crippen molar-refractivity contribution in [3.05, 3.63) is 64.5 Å². The Labute approximate surface area is 156 Å². The summed E-state index contributed by atoms with van der Waals surface area (Å²) in [4.78, 5) is 12.5. The topological polar surface area (TPSA) is 46.5 Å². The minimum atomic E-state index is -0.917. The number of hydrogen-bond donors (Lipinski definition) is 1. The highest BCUT2D eigenvalue weighted by Gasteiger charge is 2.27. The first-order valence-corrected chi connectivity index (χ1v) is 9.33. The van der Waals surface area contributed by atoms with E-state index in [2.05, 4.69) is 0 Å². The molecule has 3 nitrogen and oxygen atoms in total. The van der Waals surface area contributed by atoms with Crippen molar-refractivity contribution in [3.8, 4) is 5.75 Å². The number of allylic oxidation sites excluding steroid dienone is 2. The summed E-state index contributed by atoms with van der Waals surface area (Å²) in [6, 6.07) is 11.1. The molecule has 3 rings (SSSR count). The molecule has 0 radical (unpaired) electrons. The number of carbonyl (C=O) groups is 1. The van der Waals surface area contributed by atoms with Crippen molar-refractivity contribution in [2.45, 2.75) is 18.2 Å². The van der Waals surface area contributed by atoms with Crippen LogP contribution in [0.25, 0.3) is 17.2 Å². The van der Waals surface area contributed by atoms with Crippen LogP contribution in [-0.4, -0.2) is 24.4 Å². The molecule has 2 aromatic rings. The number of ether oxygens (including phenoxy) is 1. The molecule has 1 aliphatic rings. The van der Waals surface area contributed by atoms with Crippen LogP contribution in [0.5, 0.6) is 5.75 Å². The zero-order valence-corrected chi connectivity index (χ0v) is 15.6. The van der Waals surface area contributed by atoms with E-state index < -0.39 is 11.8 Å². The van der Waals surface area contributed by atoms with E-state index in [0.29, 0.717) is 11.1 Å². The minimum absolute atomic E-state index is 0.115. The van der Waals surface area contributed by atoms with E-state index in [9.17, 15) is 14.3 Å². The lowest BCUT2D eigenvalue weighted by Gasteiger charge is -2.09. The van der Waals surface area contributed by atoms with Crippen LogP contribution in [0.15, 0.2) is 46.9 Å². The Morgan fingerprint density at radius 2 is 1.92 bits per heavy atom. The normalized spacial score (nSPS) is 14.7. The fourth-order valence-electron chi connectivity index (χ4n) is 3.18. The molecule has 0 atom stereocenters. The fourth-order valence-corrected chi connectivity index (χ4v) is 3.59. The van der Waals surface area contributed by atoms with Crippen molar-refractivity contribution in [1.29, 1.82) is 0 Å². The third-order valence-corrected chi connectivity index (χ3v) is 5.26. The molecule has 1 N–H and O–H groups in total. The average molecular weight is 370 g/mol. The molecule has 0 heterocycles. The summed E-state index contributed by atoms with van der Waals surface area (Å²) in [6.07, 6.45) is 3.87. The van der Waals surface area contributed by atoms with Crippen molar-refractivity contribution in [3.63, 3.8) is 0 Å². The number of hydrogen-bond acceptors (Lipinski definition) is 3. The van der Waals surface area contributed by atoms with Crippen LogP contribution < -0.4 is 4.74 Å². The van der Waals surface area contributed by atoms with Gasteiger partial charge in [0.15, 0.2) is 11.6 Å². The predicted octanol–water partition coefficient (Wildman–Crippen LogP) is 5.36. The van der Waals surface area contributed by atoms with E-state index in [1.807, 2.05) is 43.5 Å². The molecule has 0 amide bonds. The molecule has 0 saturated heterocycles. The van der Waals surface area contributed by atoms with Gasteiger partial charge in [-0.3, -0.25) is 4.79 Å². The van der Waals surface area contributed by atoms with Gasteiger partial charge in [0.05, 0.1) is 13.5 Å². The maximum atomic E-state index is 14.3. The second-order valence-electron chi connectivity index (χ2n) is 6.04. The van der Waals surface area contributed by atoms with Gasteiger partial charge in [0.25, 0.3) is 0 Å². The molecule has 0 bridgehead atoms. The molecule has 0 spiro atoms. The summed E-state index contributed by atoms with van der Waals surface area (Å²) < 4.78 is 19.4. The highest BCUT2D eigenvalue weighted by atomic mass is 32.2. The van der Waals surface area contributed by atoms with E-state index >= 15 is 0 Å². The lowest BCUT2D eigenvalue weighted by atomic mass is 10.00. The third-order valence-electron chi connectivity index (χ3n) is 4.52. The van der Waals surface area contributed by atoms with Crippen LogP contribution in [0.3, 0.4) is 0 Å². The van der Waals surface area contributed by atoms with Crippen molar-refractivity contribution >= 4 is 35.0 Å². The highest BCUT2D eigenvalue weighted by Crippen LogP contribution is 2.45. The predicted molar refractivity (Wildman–Crippen MR) is 104 cm³/mol. The van der Waals surface area contributed by atoms with Crippen LogP contribution in [-0.2, 0) is 4.79 Å². The Kier molecular flexibility index (Phi) is 5.18. The second-order valence-corrected chi connectivity index (χ2v) is 6.92. The number of methoxy groups -OCH3 is 1. The summed E-state index contributed by atoms with van der Waals surface area (Å²) in [5.74, 6) is -1.26. The molecule has 0 fully saturated rings. The van der Waals surface area contributed by atoms with Crippen LogP contribution in [0.1, 0.15) is 30.0 Å². The molecular weight excluding hydrogens is 351 g/mol. The molecule has 0 aromatic heterocycles. The number of thioether (sulfide) groups is 1. The van der Waals surface area contributed by atoms with E-state index in [-0.39, 0.29) is 12.2 Å².